The van der Waals surface area contributed by atoms with Crippen molar-refractivity contribution in [2.24, 2.45) is 0 Å². The molecule has 0 spiro atoms. The first-order chi connectivity index (χ1) is 25.3. The van der Waals surface area contributed by atoms with Crippen LogP contribution in [0.3, 0.4) is 0 Å². The van der Waals surface area contributed by atoms with Crippen LogP contribution in [0.5, 0.6) is 0 Å². The first kappa shape index (κ1) is 29.4. The molecule has 0 bridgehead atoms. The SMILES string of the molecule is c1ccc(-c2ccccc2N(c2ccc(-c3cccc4nc(-c5cccc6ccccc56)oc34)cc2)c2ccc3c(c2)sc2ccccc23)cc1. The van der Waals surface area contributed by atoms with Gasteiger partial charge in [0.1, 0.15) is 5.52 Å². The Kier molecular flexibility index (Phi) is 7.00. The first-order valence-corrected chi connectivity index (χ1v) is 17.9. The second-order valence-electron chi connectivity index (χ2n) is 12.7. The predicted molar refractivity (Wildman–Crippen MR) is 215 cm³/mol. The van der Waals surface area contributed by atoms with Crippen LogP contribution < -0.4 is 4.90 Å². The maximum atomic E-state index is 6.57. The van der Waals surface area contributed by atoms with Gasteiger partial charge in [0, 0.05) is 48.2 Å². The van der Waals surface area contributed by atoms with Crippen molar-refractivity contribution in [1.29, 1.82) is 0 Å². The average Bonchev–Trinajstić information content (AvgIpc) is 3.80. The summed E-state index contributed by atoms with van der Waals surface area (Å²) in [4.78, 5) is 7.33. The fraction of sp³-hybridized carbons (Fsp3) is 0. The van der Waals surface area contributed by atoms with E-state index in [0.29, 0.717) is 5.89 Å². The number of benzene rings is 8. The van der Waals surface area contributed by atoms with E-state index in [1.165, 1.54) is 31.3 Å². The molecular formula is C47H30N2OS. The van der Waals surface area contributed by atoms with Gasteiger partial charge in [-0.2, -0.15) is 0 Å². The molecule has 0 aliphatic carbocycles. The van der Waals surface area contributed by atoms with Gasteiger partial charge in [0.15, 0.2) is 5.58 Å². The Morgan fingerprint density at radius 2 is 1.10 bits per heavy atom. The highest BCUT2D eigenvalue weighted by molar-refractivity contribution is 7.25. The molecule has 240 valence electrons. The third-order valence-corrected chi connectivity index (χ3v) is 10.9. The summed E-state index contributed by atoms with van der Waals surface area (Å²) < 4.78 is 9.15. The lowest BCUT2D eigenvalue weighted by atomic mass is 10.0. The van der Waals surface area contributed by atoms with E-state index in [1.807, 2.05) is 17.4 Å². The van der Waals surface area contributed by atoms with E-state index < -0.39 is 0 Å². The number of fused-ring (bicyclic) bond motifs is 5. The van der Waals surface area contributed by atoms with Gasteiger partial charge in [-0.25, -0.2) is 4.98 Å². The lowest BCUT2D eigenvalue weighted by molar-refractivity contribution is 0.621. The molecule has 0 aliphatic heterocycles. The highest BCUT2D eigenvalue weighted by Crippen LogP contribution is 2.44. The summed E-state index contributed by atoms with van der Waals surface area (Å²) in [5, 5.41) is 4.88. The predicted octanol–water partition coefficient (Wildman–Crippen LogP) is 13.8. The molecule has 8 aromatic carbocycles. The Bertz CT molecular complexity index is 2860. The Balaban J connectivity index is 1.10. The third kappa shape index (κ3) is 5.08. The number of nitrogens with zero attached hydrogens (tertiary/aromatic N) is 2. The molecule has 51 heavy (non-hydrogen) atoms. The minimum absolute atomic E-state index is 0.631. The lowest BCUT2D eigenvalue weighted by Crippen LogP contribution is -2.11. The lowest BCUT2D eigenvalue weighted by Gasteiger charge is -2.28. The van der Waals surface area contributed by atoms with Crippen LogP contribution in [-0.2, 0) is 0 Å². The summed E-state index contributed by atoms with van der Waals surface area (Å²) in [6.45, 7) is 0. The van der Waals surface area contributed by atoms with Crippen LogP contribution in [0.2, 0.25) is 0 Å². The standard InChI is InChI=1S/C47H30N2OS/c1-2-12-32(13-3-1)37-17-6-8-22-43(37)49(35-28-29-40-39-18-7-9-23-44(39)51-45(40)30-35)34-26-24-33(25-27-34)38-19-11-21-42-46(38)50-47(48-42)41-20-10-15-31-14-4-5-16-36(31)41/h1-30H. The van der Waals surface area contributed by atoms with Gasteiger partial charge in [0.05, 0.1) is 5.69 Å². The molecule has 10 rings (SSSR count). The second kappa shape index (κ2) is 12.1. The summed E-state index contributed by atoms with van der Waals surface area (Å²) in [7, 11) is 0. The molecule has 0 radical (unpaired) electrons. The molecule has 0 amide bonds. The van der Waals surface area contributed by atoms with Crippen molar-refractivity contribution in [3.05, 3.63) is 182 Å². The molecule has 2 aromatic heterocycles. The number of anilines is 3. The monoisotopic (exact) mass is 670 g/mol. The number of para-hydroxylation sites is 2. The Labute approximate surface area is 299 Å². The summed E-state index contributed by atoms with van der Waals surface area (Å²) in [5.41, 5.74) is 10.4. The molecule has 3 nitrogen and oxygen atoms in total. The molecule has 0 saturated carbocycles. The van der Waals surface area contributed by atoms with Crippen LogP contribution >= 0.6 is 11.3 Å². The molecule has 0 atom stereocenters. The topological polar surface area (TPSA) is 29.3 Å². The maximum Gasteiger partial charge on any atom is 0.227 e. The zero-order chi connectivity index (χ0) is 33.7. The van der Waals surface area contributed by atoms with Gasteiger partial charge in [-0.3, -0.25) is 0 Å². The summed E-state index contributed by atoms with van der Waals surface area (Å²) >= 11 is 1.84. The number of aromatic nitrogens is 1. The highest BCUT2D eigenvalue weighted by Gasteiger charge is 2.20. The van der Waals surface area contributed by atoms with E-state index in [4.69, 9.17) is 9.40 Å². The fourth-order valence-corrected chi connectivity index (χ4v) is 8.44. The molecule has 4 heteroatoms. The zero-order valence-electron chi connectivity index (χ0n) is 27.5. The quantitative estimate of drug-likeness (QED) is 0.176. The zero-order valence-corrected chi connectivity index (χ0v) is 28.3. The van der Waals surface area contributed by atoms with E-state index in [9.17, 15) is 0 Å². The largest absolute Gasteiger partial charge is 0.435 e. The van der Waals surface area contributed by atoms with Gasteiger partial charge in [-0.1, -0.05) is 133 Å². The van der Waals surface area contributed by atoms with E-state index in [-0.39, 0.29) is 0 Å². The van der Waals surface area contributed by atoms with Crippen molar-refractivity contribution in [3.8, 4) is 33.7 Å². The van der Waals surface area contributed by atoms with Crippen LogP contribution in [-0.4, -0.2) is 4.98 Å². The average molecular weight is 671 g/mol. The number of rotatable bonds is 6. The van der Waals surface area contributed by atoms with Gasteiger partial charge in [-0.15, -0.1) is 11.3 Å². The van der Waals surface area contributed by atoms with Crippen LogP contribution in [0.25, 0.3) is 75.8 Å². The number of thiophene rings is 1. The van der Waals surface area contributed by atoms with Crippen molar-refractivity contribution in [3.63, 3.8) is 0 Å². The molecule has 0 aliphatic rings. The minimum atomic E-state index is 0.631. The van der Waals surface area contributed by atoms with E-state index in [2.05, 4.69) is 181 Å². The van der Waals surface area contributed by atoms with Crippen molar-refractivity contribution in [2.75, 3.05) is 4.90 Å². The molecule has 0 unspecified atom stereocenters. The maximum absolute atomic E-state index is 6.57. The fourth-order valence-electron chi connectivity index (χ4n) is 7.30. The third-order valence-electron chi connectivity index (χ3n) is 9.72. The molecule has 0 N–H and O–H groups in total. The highest BCUT2D eigenvalue weighted by atomic mass is 32.1. The van der Waals surface area contributed by atoms with Crippen LogP contribution in [0, 0.1) is 0 Å². The Hall–Kier alpha value is -6.49. The number of hydrogen-bond donors (Lipinski definition) is 0. The van der Waals surface area contributed by atoms with Crippen molar-refractivity contribution in [2.45, 2.75) is 0 Å². The van der Waals surface area contributed by atoms with E-state index in [1.54, 1.807) is 0 Å². The summed E-state index contributed by atoms with van der Waals surface area (Å²) in [6, 6.07) is 64.5. The van der Waals surface area contributed by atoms with Crippen LogP contribution in [0.4, 0.5) is 17.1 Å². The molecule has 2 heterocycles. The second-order valence-corrected chi connectivity index (χ2v) is 13.8. The summed E-state index contributed by atoms with van der Waals surface area (Å²) in [6.07, 6.45) is 0. The molecule has 0 fully saturated rings. The molecule has 0 saturated heterocycles. The normalized spacial score (nSPS) is 11.5. The van der Waals surface area contributed by atoms with Gasteiger partial charge in [0.2, 0.25) is 5.89 Å². The smallest absolute Gasteiger partial charge is 0.227 e. The number of oxazole rings is 1. The van der Waals surface area contributed by atoms with Gasteiger partial charge < -0.3 is 9.32 Å². The van der Waals surface area contributed by atoms with E-state index >= 15 is 0 Å². The van der Waals surface area contributed by atoms with Crippen molar-refractivity contribution in [1.82, 2.24) is 4.98 Å². The van der Waals surface area contributed by atoms with Gasteiger partial charge >= 0.3 is 0 Å². The summed E-state index contributed by atoms with van der Waals surface area (Å²) in [5.74, 6) is 0.631. The van der Waals surface area contributed by atoms with Gasteiger partial charge in [0.25, 0.3) is 0 Å². The van der Waals surface area contributed by atoms with E-state index in [0.717, 1.165) is 55.6 Å². The van der Waals surface area contributed by atoms with Crippen molar-refractivity contribution < 1.29 is 4.42 Å². The minimum Gasteiger partial charge on any atom is -0.435 e. The molecular weight excluding hydrogens is 641 g/mol. The molecule has 10 aromatic rings. The van der Waals surface area contributed by atoms with Crippen molar-refractivity contribution >= 4 is 70.4 Å². The van der Waals surface area contributed by atoms with Gasteiger partial charge in [-0.05, 0) is 70.4 Å². The Morgan fingerprint density at radius 1 is 0.451 bits per heavy atom. The van der Waals surface area contributed by atoms with Crippen LogP contribution in [0.1, 0.15) is 0 Å². The Morgan fingerprint density at radius 3 is 2.00 bits per heavy atom. The van der Waals surface area contributed by atoms with Crippen LogP contribution in [0.15, 0.2) is 186 Å². The first-order valence-electron chi connectivity index (χ1n) is 17.1. The number of hydrogen-bond acceptors (Lipinski definition) is 4.